The lowest BCUT2D eigenvalue weighted by Gasteiger charge is -2.21. The molecule has 8 rings (SSSR count). The van der Waals surface area contributed by atoms with Crippen LogP contribution in [0.2, 0.25) is 0 Å². The molecule has 0 nitrogen and oxygen atoms in total. The summed E-state index contributed by atoms with van der Waals surface area (Å²) in [5.74, 6) is 1.14. The Morgan fingerprint density at radius 1 is 0.588 bits per heavy atom. The van der Waals surface area contributed by atoms with Gasteiger partial charge in [-0.1, -0.05) is 71.8 Å². The van der Waals surface area contributed by atoms with Crippen LogP contribution in [0.15, 0.2) is 59.7 Å². The first-order valence-electron chi connectivity index (χ1n) is 13.2. The van der Waals surface area contributed by atoms with Crippen LogP contribution >= 0.6 is 0 Å². The summed E-state index contributed by atoms with van der Waals surface area (Å²) in [6, 6.07) is 19.1. The maximum atomic E-state index is 2.58. The smallest absolute Gasteiger partial charge is 0.00553 e. The number of fused-ring (bicyclic) bond motifs is 4. The molecule has 0 radical (unpaired) electrons. The van der Waals surface area contributed by atoms with E-state index in [0.29, 0.717) is 11.8 Å². The first-order chi connectivity index (χ1) is 16.7. The molecule has 0 fully saturated rings. The minimum Gasteiger partial charge on any atom is -0.0652 e. The Hall–Kier alpha value is -3.12. The molecule has 4 aliphatic rings. The Labute approximate surface area is 202 Å². The van der Waals surface area contributed by atoms with Gasteiger partial charge in [-0.25, -0.2) is 0 Å². The molecule has 4 aromatic carbocycles. The molecular weight excluding hydrogens is 408 g/mol. The van der Waals surface area contributed by atoms with Gasteiger partial charge in [0, 0.05) is 11.8 Å². The highest BCUT2D eigenvalue weighted by molar-refractivity contribution is 6.00. The van der Waals surface area contributed by atoms with Gasteiger partial charge in [0.1, 0.15) is 0 Å². The molecule has 0 aromatic heterocycles. The average Bonchev–Trinajstić information content (AvgIpc) is 3.60. The van der Waals surface area contributed by atoms with Crippen molar-refractivity contribution in [1.82, 2.24) is 0 Å². The summed E-state index contributed by atoms with van der Waals surface area (Å²) in [5.41, 5.74) is 15.6. The van der Waals surface area contributed by atoms with Crippen LogP contribution in [-0.4, -0.2) is 0 Å². The standard InChI is InChI=1S/C34H30/c1-19-15-29-27-7-3-5-21-9-11-23(33(21)27)17-31(29)25(19)13-14-26-20(2)16-30-28-8-4-6-22-10-12-24(34(22)28)18-32(26)30/h3-8,15-18,25-26H,9-14H2,1-2H3. The van der Waals surface area contributed by atoms with Crippen LogP contribution in [0.4, 0.5) is 0 Å². The minimum atomic E-state index is 0.568. The Bertz CT molecular complexity index is 1500. The van der Waals surface area contributed by atoms with Crippen LogP contribution in [0.1, 0.15) is 83.0 Å². The zero-order chi connectivity index (χ0) is 22.6. The molecule has 0 saturated carbocycles. The molecule has 34 heavy (non-hydrogen) atoms. The molecule has 0 bridgehead atoms. The van der Waals surface area contributed by atoms with Gasteiger partial charge in [-0.2, -0.15) is 0 Å². The van der Waals surface area contributed by atoms with E-state index in [9.17, 15) is 0 Å². The van der Waals surface area contributed by atoms with Crippen molar-refractivity contribution in [2.45, 2.75) is 64.2 Å². The zero-order valence-corrected chi connectivity index (χ0v) is 20.2. The highest BCUT2D eigenvalue weighted by Gasteiger charge is 2.31. The van der Waals surface area contributed by atoms with E-state index in [0.717, 1.165) is 0 Å². The van der Waals surface area contributed by atoms with Crippen molar-refractivity contribution in [2.75, 3.05) is 0 Å². The summed E-state index contributed by atoms with van der Waals surface area (Å²) in [6.45, 7) is 4.74. The summed E-state index contributed by atoms with van der Waals surface area (Å²) >= 11 is 0. The summed E-state index contributed by atoms with van der Waals surface area (Å²) < 4.78 is 0. The van der Waals surface area contributed by atoms with Gasteiger partial charge in [0.25, 0.3) is 0 Å². The monoisotopic (exact) mass is 438 g/mol. The van der Waals surface area contributed by atoms with Crippen molar-refractivity contribution < 1.29 is 0 Å². The highest BCUT2D eigenvalue weighted by Crippen LogP contribution is 2.50. The number of hydrogen-bond donors (Lipinski definition) is 0. The van der Waals surface area contributed by atoms with E-state index in [1.807, 2.05) is 0 Å². The quantitative estimate of drug-likeness (QED) is 0.300. The van der Waals surface area contributed by atoms with Crippen LogP contribution in [0.25, 0.3) is 33.7 Å². The number of aryl methyl sites for hydroxylation is 4. The lowest BCUT2D eigenvalue weighted by Crippen LogP contribution is -2.04. The molecule has 0 amide bonds. The van der Waals surface area contributed by atoms with Gasteiger partial charge in [-0.3, -0.25) is 0 Å². The van der Waals surface area contributed by atoms with Crippen molar-refractivity contribution in [2.24, 2.45) is 0 Å². The molecule has 0 saturated heterocycles. The van der Waals surface area contributed by atoms with Crippen molar-refractivity contribution in [3.05, 3.63) is 104 Å². The van der Waals surface area contributed by atoms with Gasteiger partial charge in [0.2, 0.25) is 0 Å². The fourth-order valence-electron chi connectivity index (χ4n) is 7.89. The van der Waals surface area contributed by atoms with Crippen molar-refractivity contribution in [1.29, 1.82) is 0 Å². The third-order valence-corrected chi connectivity index (χ3v) is 9.47. The summed E-state index contributed by atoms with van der Waals surface area (Å²) in [5, 5.41) is 6.10. The van der Waals surface area contributed by atoms with Gasteiger partial charge >= 0.3 is 0 Å². The molecule has 166 valence electrons. The number of hydrogen-bond acceptors (Lipinski definition) is 0. The van der Waals surface area contributed by atoms with Crippen LogP contribution < -0.4 is 0 Å². The van der Waals surface area contributed by atoms with Crippen molar-refractivity contribution in [3.8, 4) is 0 Å². The third-order valence-electron chi connectivity index (χ3n) is 9.47. The molecule has 2 atom stereocenters. The normalized spacial score (nSPS) is 21.4. The van der Waals surface area contributed by atoms with Gasteiger partial charge in [0.15, 0.2) is 0 Å². The number of allylic oxidation sites excluding steroid dienone is 2. The summed E-state index contributed by atoms with van der Waals surface area (Å²) in [7, 11) is 0. The molecule has 4 aliphatic carbocycles. The Morgan fingerprint density at radius 3 is 1.50 bits per heavy atom. The highest BCUT2D eigenvalue weighted by atomic mass is 14.4. The summed E-state index contributed by atoms with van der Waals surface area (Å²) in [4.78, 5) is 0. The maximum Gasteiger partial charge on any atom is 0.00553 e. The van der Waals surface area contributed by atoms with Gasteiger partial charge in [0.05, 0.1) is 0 Å². The van der Waals surface area contributed by atoms with Crippen LogP contribution in [0.3, 0.4) is 0 Å². The molecule has 2 unspecified atom stereocenters. The van der Waals surface area contributed by atoms with Crippen LogP contribution in [-0.2, 0) is 25.7 Å². The predicted molar refractivity (Wildman–Crippen MR) is 145 cm³/mol. The first kappa shape index (κ1) is 19.2. The lowest BCUT2D eigenvalue weighted by atomic mass is 9.83. The largest absolute Gasteiger partial charge is 0.0652 e. The molecule has 0 heteroatoms. The van der Waals surface area contributed by atoms with E-state index >= 15 is 0 Å². The molecule has 0 heterocycles. The predicted octanol–water partition coefficient (Wildman–Crippen LogP) is 8.67. The molecule has 0 aliphatic heterocycles. The number of benzene rings is 4. The molecule has 4 aromatic rings. The van der Waals surface area contributed by atoms with Gasteiger partial charge in [-0.05, 0) is 118 Å². The van der Waals surface area contributed by atoms with E-state index < -0.39 is 0 Å². The van der Waals surface area contributed by atoms with E-state index in [-0.39, 0.29) is 0 Å². The number of rotatable bonds is 3. The second-order valence-corrected chi connectivity index (χ2v) is 11.2. The fourth-order valence-corrected chi connectivity index (χ4v) is 7.89. The Balaban J connectivity index is 1.17. The zero-order valence-electron chi connectivity index (χ0n) is 20.2. The van der Waals surface area contributed by atoms with Crippen molar-refractivity contribution >= 4 is 33.7 Å². The van der Waals surface area contributed by atoms with E-state index in [2.05, 4.69) is 74.5 Å². The van der Waals surface area contributed by atoms with E-state index in [1.165, 1.54) is 60.4 Å². The third kappa shape index (κ3) is 2.44. The molecule has 0 spiro atoms. The van der Waals surface area contributed by atoms with Crippen LogP contribution in [0.5, 0.6) is 0 Å². The molecule has 0 N–H and O–H groups in total. The SMILES string of the molecule is CC1=Cc2c(cc3c4c(cccc24)CC3)C1CCC1C(C)=Cc2c1cc1c3c(cccc23)CC1. The Morgan fingerprint density at radius 2 is 1.03 bits per heavy atom. The second kappa shape index (κ2) is 6.72. The second-order valence-electron chi connectivity index (χ2n) is 11.2. The first-order valence-corrected chi connectivity index (χ1v) is 13.2. The molecular formula is C34H30. The average molecular weight is 439 g/mol. The summed E-state index contributed by atoms with van der Waals surface area (Å²) in [6.07, 6.45) is 12.3. The fraction of sp³-hybridized carbons (Fsp3) is 0.294. The topological polar surface area (TPSA) is 0 Å². The minimum absolute atomic E-state index is 0.568. The van der Waals surface area contributed by atoms with Crippen LogP contribution in [0, 0.1) is 0 Å². The van der Waals surface area contributed by atoms with E-state index in [4.69, 9.17) is 0 Å². The van der Waals surface area contributed by atoms with E-state index in [1.54, 1.807) is 55.3 Å². The maximum absolute atomic E-state index is 2.58. The van der Waals surface area contributed by atoms with Gasteiger partial charge in [-0.15, -0.1) is 0 Å². The Kier molecular flexibility index (Phi) is 3.80. The van der Waals surface area contributed by atoms with Crippen molar-refractivity contribution in [3.63, 3.8) is 0 Å². The lowest BCUT2D eigenvalue weighted by molar-refractivity contribution is 0.611. The van der Waals surface area contributed by atoms with Gasteiger partial charge < -0.3 is 0 Å².